The second-order valence-corrected chi connectivity index (χ2v) is 5.18. The predicted molar refractivity (Wildman–Crippen MR) is 69.5 cm³/mol. The van der Waals surface area contributed by atoms with Crippen LogP contribution in [0.5, 0.6) is 5.75 Å². The van der Waals surface area contributed by atoms with Crippen molar-refractivity contribution in [2.24, 2.45) is 0 Å². The van der Waals surface area contributed by atoms with Crippen molar-refractivity contribution in [3.8, 4) is 16.2 Å². The minimum Gasteiger partial charge on any atom is -0.493 e. The first-order valence-corrected chi connectivity index (χ1v) is 6.54. The third-order valence-corrected chi connectivity index (χ3v) is 3.90. The Bertz CT molecular complexity index is 536. The average Bonchev–Trinajstić information content (AvgIpc) is 2.96. The fourth-order valence-electron chi connectivity index (χ4n) is 2.02. The van der Waals surface area contributed by atoms with E-state index in [1.54, 1.807) is 11.3 Å². The summed E-state index contributed by atoms with van der Waals surface area (Å²) in [6.07, 6.45) is 2.97. The van der Waals surface area contributed by atoms with Crippen molar-refractivity contribution in [1.29, 1.82) is 0 Å². The smallest absolute Gasteiger partial charge is 0.122 e. The Balaban J connectivity index is 1.92. The van der Waals surface area contributed by atoms with Crippen LogP contribution in [0, 0.1) is 0 Å². The topological polar surface area (TPSA) is 34.2 Å². The molecular formula is C13H14N2OS. The van der Waals surface area contributed by atoms with Gasteiger partial charge in [-0.25, -0.2) is 4.98 Å². The summed E-state index contributed by atoms with van der Waals surface area (Å²) in [7, 11) is 1.94. The number of thiazole rings is 1. The van der Waals surface area contributed by atoms with Gasteiger partial charge in [0.15, 0.2) is 0 Å². The second kappa shape index (κ2) is 4.47. The van der Waals surface area contributed by atoms with Crippen LogP contribution in [0.3, 0.4) is 0 Å². The zero-order valence-electron chi connectivity index (χ0n) is 9.69. The highest BCUT2D eigenvalue weighted by Crippen LogP contribution is 2.32. The highest BCUT2D eigenvalue weighted by Gasteiger charge is 2.13. The van der Waals surface area contributed by atoms with Crippen LogP contribution in [0.1, 0.15) is 10.6 Å². The Morgan fingerprint density at radius 2 is 2.41 bits per heavy atom. The molecule has 0 spiro atoms. The van der Waals surface area contributed by atoms with Crippen LogP contribution < -0.4 is 10.1 Å². The molecular weight excluding hydrogens is 232 g/mol. The number of aromatic nitrogens is 1. The van der Waals surface area contributed by atoms with Crippen LogP contribution in [0.25, 0.3) is 10.4 Å². The van der Waals surface area contributed by atoms with Gasteiger partial charge in [-0.1, -0.05) is 0 Å². The first-order chi connectivity index (χ1) is 8.36. The average molecular weight is 246 g/mol. The van der Waals surface area contributed by atoms with Crippen LogP contribution in [0.2, 0.25) is 0 Å². The Morgan fingerprint density at radius 1 is 1.47 bits per heavy atom. The number of hydrogen-bond acceptors (Lipinski definition) is 4. The van der Waals surface area contributed by atoms with E-state index in [9.17, 15) is 0 Å². The molecule has 0 saturated heterocycles. The van der Waals surface area contributed by atoms with Crippen molar-refractivity contribution in [2.45, 2.75) is 13.0 Å². The monoisotopic (exact) mass is 246 g/mol. The lowest BCUT2D eigenvalue weighted by Gasteiger charge is -2.01. The molecule has 0 radical (unpaired) electrons. The fraction of sp³-hybridized carbons (Fsp3) is 0.308. The first-order valence-electron chi connectivity index (χ1n) is 5.72. The van der Waals surface area contributed by atoms with E-state index in [1.165, 1.54) is 16.0 Å². The molecule has 3 nitrogen and oxygen atoms in total. The van der Waals surface area contributed by atoms with Gasteiger partial charge >= 0.3 is 0 Å². The molecule has 17 heavy (non-hydrogen) atoms. The van der Waals surface area contributed by atoms with Crippen molar-refractivity contribution < 1.29 is 4.74 Å². The van der Waals surface area contributed by atoms with Crippen LogP contribution in [-0.4, -0.2) is 18.6 Å². The maximum Gasteiger partial charge on any atom is 0.122 e. The number of hydrogen-bond donors (Lipinski definition) is 1. The van der Waals surface area contributed by atoms with Crippen molar-refractivity contribution in [3.63, 3.8) is 0 Å². The number of fused-ring (bicyclic) bond motifs is 1. The van der Waals surface area contributed by atoms with Gasteiger partial charge < -0.3 is 10.1 Å². The largest absolute Gasteiger partial charge is 0.493 e. The Labute approximate surface area is 104 Å². The van der Waals surface area contributed by atoms with E-state index < -0.39 is 0 Å². The molecule has 88 valence electrons. The molecule has 0 fully saturated rings. The molecule has 1 aromatic heterocycles. The number of ether oxygens (including phenoxy) is 1. The van der Waals surface area contributed by atoms with E-state index in [2.05, 4.69) is 28.5 Å². The summed E-state index contributed by atoms with van der Waals surface area (Å²) in [5.74, 6) is 1.04. The van der Waals surface area contributed by atoms with Crippen LogP contribution in [0.15, 0.2) is 24.4 Å². The Kier molecular flexibility index (Phi) is 2.82. The summed E-state index contributed by atoms with van der Waals surface area (Å²) in [6.45, 7) is 1.64. The Morgan fingerprint density at radius 3 is 3.29 bits per heavy atom. The molecule has 2 heterocycles. The maximum absolute atomic E-state index is 5.51. The summed E-state index contributed by atoms with van der Waals surface area (Å²) >= 11 is 1.74. The molecule has 1 aliphatic heterocycles. The van der Waals surface area contributed by atoms with Crippen molar-refractivity contribution in [2.75, 3.05) is 13.7 Å². The summed E-state index contributed by atoms with van der Waals surface area (Å²) in [5.41, 5.74) is 2.56. The molecule has 0 atom stereocenters. The van der Waals surface area contributed by atoms with Gasteiger partial charge in [-0.2, -0.15) is 0 Å². The van der Waals surface area contributed by atoms with Gasteiger partial charge in [-0.15, -0.1) is 11.3 Å². The third-order valence-electron chi connectivity index (χ3n) is 2.86. The molecule has 1 N–H and O–H groups in total. The quantitative estimate of drug-likeness (QED) is 0.903. The number of rotatable bonds is 3. The number of benzene rings is 1. The lowest BCUT2D eigenvalue weighted by molar-refractivity contribution is 0.357. The van der Waals surface area contributed by atoms with Gasteiger partial charge in [-0.3, -0.25) is 0 Å². The molecule has 0 aliphatic carbocycles. The van der Waals surface area contributed by atoms with E-state index in [4.69, 9.17) is 4.74 Å². The lowest BCUT2D eigenvalue weighted by atomic mass is 10.1. The molecule has 4 heteroatoms. The van der Waals surface area contributed by atoms with E-state index in [-0.39, 0.29) is 0 Å². The minimum absolute atomic E-state index is 0.812. The van der Waals surface area contributed by atoms with Crippen molar-refractivity contribution >= 4 is 11.3 Å². The fourth-order valence-corrected chi connectivity index (χ4v) is 2.94. The normalized spacial score (nSPS) is 13.5. The SMILES string of the molecule is CNCc1ncc(-c2ccc3c(c2)CCO3)s1. The third kappa shape index (κ3) is 2.06. The van der Waals surface area contributed by atoms with Crippen LogP contribution in [0.4, 0.5) is 0 Å². The first kappa shape index (κ1) is 10.7. The molecule has 0 amide bonds. The van der Waals surface area contributed by atoms with Gasteiger partial charge in [0.1, 0.15) is 10.8 Å². The highest BCUT2D eigenvalue weighted by molar-refractivity contribution is 7.15. The van der Waals surface area contributed by atoms with Crippen LogP contribution >= 0.6 is 11.3 Å². The molecule has 3 rings (SSSR count). The summed E-state index contributed by atoms with van der Waals surface area (Å²) in [4.78, 5) is 5.63. The van der Waals surface area contributed by atoms with Gasteiger partial charge in [0.05, 0.1) is 11.5 Å². The van der Waals surface area contributed by atoms with Gasteiger partial charge in [0, 0.05) is 19.2 Å². The van der Waals surface area contributed by atoms with Gasteiger partial charge in [-0.05, 0) is 36.4 Å². The summed E-state index contributed by atoms with van der Waals surface area (Å²) in [5, 5.41) is 4.24. The summed E-state index contributed by atoms with van der Waals surface area (Å²) in [6, 6.07) is 6.40. The zero-order chi connectivity index (χ0) is 11.7. The molecule has 0 saturated carbocycles. The number of nitrogens with one attached hydrogen (secondary N) is 1. The molecule has 2 aromatic rings. The van der Waals surface area contributed by atoms with E-state index in [1.807, 2.05) is 13.2 Å². The minimum atomic E-state index is 0.812. The predicted octanol–water partition coefficient (Wildman–Crippen LogP) is 2.46. The molecule has 1 aliphatic rings. The van der Waals surface area contributed by atoms with E-state index >= 15 is 0 Å². The molecule has 0 unspecified atom stereocenters. The van der Waals surface area contributed by atoms with E-state index in [0.717, 1.165) is 30.3 Å². The highest BCUT2D eigenvalue weighted by atomic mass is 32.1. The van der Waals surface area contributed by atoms with Gasteiger partial charge in [0.2, 0.25) is 0 Å². The van der Waals surface area contributed by atoms with Gasteiger partial charge in [0.25, 0.3) is 0 Å². The lowest BCUT2D eigenvalue weighted by Crippen LogP contribution is -2.03. The second-order valence-electron chi connectivity index (χ2n) is 4.07. The van der Waals surface area contributed by atoms with Crippen LogP contribution in [-0.2, 0) is 13.0 Å². The van der Waals surface area contributed by atoms with Crippen molar-refractivity contribution in [3.05, 3.63) is 35.0 Å². The Hall–Kier alpha value is -1.39. The van der Waals surface area contributed by atoms with E-state index in [0.29, 0.717) is 0 Å². The zero-order valence-corrected chi connectivity index (χ0v) is 10.5. The summed E-state index contributed by atoms with van der Waals surface area (Å²) < 4.78 is 5.51. The molecule has 1 aromatic carbocycles. The standard InChI is InChI=1S/C13H14N2OS/c1-14-8-13-15-7-12(17-13)10-2-3-11-9(6-10)4-5-16-11/h2-3,6-7,14H,4-5,8H2,1H3. The maximum atomic E-state index is 5.51. The van der Waals surface area contributed by atoms with Crippen molar-refractivity contribution in [1.82, 2.24) is 10.3 Å². The molecule has 0 bridgehead atoms. The number of nitrogens with zero attached hydrogens (tertiary/aromatic N) is 1.